The fourth-order valence-electron chi connectivity index (χ4n) is 11.9. The molecule has 0 spiro atoms. The molecule has 13 rings (SSSR count). The zero-order valence-electron chi connectivity index (χ0n) is 38.6. The number of nitrogens with zero attached hydrogens (tertiary/aromatic N) is 1. The van der Waals surface area contributed by atoms with Gasteiger partial charge in [-0.1, -0.05) is 173 Å². The standard InChI is InChI=1S/C61H50BN2O2Si/c1-38-33-45-46(61(4,5)32-31-60(45,2)3)35-49(38)64-50-37-54-53(65-51-27-15-16-28-52(51)66-54)36-47(50)62-57-44(34-39-19-12-13-24-42(39)59(57)64)43-25-18-30-56-58(43)63-48-26-14-17-29-55(48)67(56,40-20-8-6-9-21-40)41-22-10-7-11-23-41/h6-30,33-37,63H,31-32H2,1-5H3. The summed E-state index contributed by atoms with van der Waals surface area (Å²) in [6, 6.07) is 67.3. The first-order valence-corrected chi connectivity index (χ1v) is 25.7. The van der Waals surface area contributed by atoms with E-state index in [-0.39, 0.29) is 10.8 Å². The Morgan fingerprint density at radius 3 is 1.85 bits per heavy atom. The highest BCUT2D eigenvalue weighted by molar-refractivity contribution is 7.21. The van der Waals surface area contributed by atoms with Gasteiger partial charge in [-0.2, -0.15) is 0 Å². The minimum atomic E-state index is -2.86. The van der Waals surface area contributed by atoms with Crippen molar-refractivity contribution in [2.45, 2.75) is 58.3 Å². The lowest BCUT2D eigenvalue weighted by molar-refractivity contribution is 0.332. The van der Waals surface area contributed by atoms with Gasteiger partial charge in [-0.25, -0.2) is 0 Å². The van der Waals surface area contributed by atoms with E-state index in [9.17, 15) is 0 Å². The van der Waals surface area contributed by atoms with Crippen molar-refractivity contribution in [2.75, 3.05) is 10.2 Å². The summed E-state index contributed by atoms with van der Waals surface area (Å²) in [7, 11) is -0.454. The van der Waals surface area contributed by atoms with E-state index in [0.29, 0.717) is 11.5 Å². The summed E-state index contributed by atoms with van der Waals surface area (Å²) in [6.07, 6.45) is 2.29. The van der Waals surface area contributed by atoms with Crippen LogP contribution in [0.3, 0.4) is 0 Å². The summed E-state index contributed by atoms with van der Waals surface area (Å²) < 4.78 is 13.3. The average Bonchev–Trinajstić information content (AvgIpc) is 3.35. The molecule has 4 aliphatic rings. The summed E-state index contributed by atoms with van der Waals surface area (Å²) in [5.41, 5.74) is 14.5. The van der Waals surface area contributed by atoms with Gasteiger partial charge in [0.25, 0.3) is 0 Å². The molecule has 1 N–H and O–H groups in total. The Morgan fingerprint density at radius 2 is 1.13 bits per heavy atom. The van der Waals surface area contributed by atoms with Crippen LogP contribution in [0, 0.1) is 6.92 Å². The largest absolute Gasteiger partial charge is 0.450 e. The predicted octanol–water partition coefficient (Wildman–Crippen LogP) is 11.9. The molecule has 0 bridgehead atoms. The lowest BCUT2D eigenvalue weighted by Crippen LogP contribution is -2.76. The van der Waals surface area contributed by atoms with Crippen LogP contribution in [0.1, 0.15) is 57.2 Å². The van der Waals surface area contributed by atoms with Crippen LogP contribution in [0.15, 0.2) is 182 Å². The van der Waals surface area contributed by atoms with Gasteiger partial charge in [0.15, 0.2) is 38.4 Å². The summed E-state index contributed by atoms with van der Waals surface area (Å²) in [5.74, 6) is 2.86. The van der Waals surface area contributed by atoms with Crippen LogP contribution in [-0.4, -0.2) is 15.4 Å². The molecule has 4 nitrogen and oxygen atoms in total. The first kappa shape index (κ1) is 40.0. The Kier molecular flexibility index (Phi) is 8.73. The quantitative estimate of drug-likeness (QED) is 0.179. The molecule has 0 saturated carbocycles. The van der Waals surface area contributed by atoms with E-state index < -0.39 is 8.07 Å². The Hall–Kier alpha value is -7.28. The van der Waals surface area contributed by atoms with Gasteiger partial charge in [-0.3, -0.25) is 0 Å². The third kappa shape index (κ3) is 5.91. The topological polar surface area (TPSA) is 33.7 Å². The number of hydrogen-bond donors (Lipinski definition) is 1. The maximum absolute atomic E-state index is 6.69. The lowest BCUT2D eigenvalue weighted by atomic mass is 9.57. The van der Waals surface area contributed by atoms with Crippen molar-refractivity contribution < 1.29 is 9.47 Å². The molecule has 0 amide bonds. The second-order valence-electron chi connectivity index (χ2n) is 20.2. The molecule has 0 fully saturated rings. The number of para-hydroxylation sites is 4. The summed E-state index contributed by atoms with van der Waals surface area (Å²) in [4.78, 5) is 2.55. The van der Waals surface area contributed by atoms with Gasteiger partial charge in [0.2, 0.25) is 0 Å². The smallest absolute Gasteiger partial charge is 0.198 e. The van der Waals surface area contributed by atoms with Crippen LogP contribution < -0.4 is 51.4 Å². The predicted molar refractivity (Wildman–Crippen MR) is 283 cm³/mol. The molecule has 0 aromatic heterocycles. The van der Waals surface area contributed by atoms with Crippen molar-refractivity contribution in [2.24, 2.45) is 0 Å². The minimum Gasteiger partial charge on any atom is -0.450 e. The maximum Gasteiger partial charge on any atom is 0.198 e. The number of nitrogens with one attached hydrogen (secondary N) is 1. The van der Waals surface area contributed by atoms with Gasteiger partial charge in [0, 0.05) is 45.5 Å². The van der Waals surface area contributed by atoms with Crippen LogP contribution in [0.5, 0.6) is 23.0 Å². The van der Waals surface area contributed by atoms with Crippen LogP contribution in [0.25, 0.3) is 21.9 Å². The number of anilines is 5. The highest BCUT2D eigenvalue weighted by Crippen LogP contribution is 2.53. The average molecular weight is 882 g/mol. The molecular formula is C61H50BN2O2Si. The van der Waals surface area contributed by atoms with Crippen LogP contribution in [0.4, 0.5) is 28.4 Å². The number of aryl methyl sites for hydroxylation is 1. The van der Waals surface area contributed by atoms with Crippen molar-refractivity contribution in [3.05, 3.63) is 199 Å². The molecule has 67 heavy (non-hydrogen) atoms. The molecule has 0 atom stereocenters. The van der Waals surface area contributed by atoms with Crippen molar-refractivity contribution in [3.63, 3.8) is 0 Å². The highest BCUT2D eigenvalue weighted by Gasteiger charge is 2.48. The van der Waals surface area contributed by atoms with Gasteiger partial charge in [0.05, 0.1) is 0 Å². The molecule has 1 radical (unpaired) electrons. The first-order chi connectivity index (χ1) is 32.6. The molecule has 6 heteroatoms. The number of hydrogen-bond acceptors (Lipinski definition) is 4. The molecular weight excluding hydrogens is 832 g/mol. The van der Waals surface area contributed by atoms with Crippen molar-refractivity contribution in [3.8, 4) is 34.1 Å². The number of rotatable bonds is 4. The molecule has 323 valence electrons. The molecule has 0 saturated heterocycles. The monoisotopic (exact) mass is 881 g/mol. The van der Waals surface area contributed by atoms with E-state index in [0.717, 1.165) is 52.6 Å². The van der Waals surface area contributed by atoms with Gasteiger partial charge in [-0.15, -0.1) is 0 Å². The fourth-order valence-corrected chi connectivity index (χ4v) is 17.0. The number of fused-ring (bicyclic) bond motifs is 9. The first-order valence-electron chi connectivity index (χ1n) is 23.7. The lowest BCUT2D eigenvalue weighted by Gasteiger charge is -2.44. The van der Waals surface area contributed by atoms with E-state index in [2.05, 4.69) is 210 Å². The third-order valence-electron chi connectivity index (χ3n) is 15.4. The fraction of sp³-hybridized carbons (Fsp3) is 0.148. The van der Waals surface area contributed by atoms with E-state index in [1.807, 2.05) is 24.3 Å². The SMILES string of the molecule is Cc1cc2c(cc1N1c3cc4c(cc3[B]c3c(-c5cccc6c5Nc5ccccc5[Si]6(c5ccccc5)c5ccccc5)cc5ccccc5c31)Oc1ccccc1O4)C(C)(C)CCC2(C)C. The number of benzene rings is 9. The highest BCUT2D eigenvalue weighted by atomic mass is 28.3. The number of ether oxygens (including phenoxy) is 2. The maximum atomic E-state index is 6.69. The normalized spacial score (nSPS) is 16.2. The van der Waals surface area contributed by atoms with Crippen molar-refractivity contribution in [1.29, 1.82) is 0 Å². The Labute approximate surface area is 395 Å². The zero-order valence-corrected chi connectivity index (χ0v) is 39.6. The van der Waals surface area contributed by atoms with Crippen molar-refractivity contribution in [1.82, 2.24) is 0 Å². The van der Waals surface area contributed by atoms with Crippen LogP contribution in [0.2, 0.25) is 0 Å². The Balaban J connectivity index is 1.11. The molecule has 0 unspecified atom stereocenters. The second-order valence-corrected chi connectivity index (χ2v) is 24.0. The van der Waals surface area contributed by atoms with Gasteiger partial charge < -0.3 is 19.7 Å². The second kappa shape index (κ2) is 14.6. The zero-order chi connectivity index (χ0) is 45.2. The van der Waals surface area contributed by atoms with E-state index >= 15 is 0 Å². The van der Waals surface area contributed by atoms with Crippen molar-refractivity contribution >= 4 is 86.2 Å². The van der Waals surface area contributed by atoms with E-state index in [1.165, 1.54) is 70.5 Å². The van der Waals surface area contributed by atoms with Gasteiger partial charge in [0.1, 0.15) is 0 Å². The van der Waals surface area contributed by atoms with Gasteiger partial charge >= 0.3 is 0 Å². The van der Waals surface area contributed by atoms with Crippen LogP contribution >= 0.6 is 0 Å². The third-order valence-corrected chi connectivity index (χ3v) is 20.2. The van der Waals surface area contributed by atoms with Crippen LogP contribution in [-0.2, 0) is 10.8 Å². The molecule has 9 aromatic carbocycles. The summed E-state index contributed by atoms with van der Waals surface area (Å²) in [6.45, 7) is 12.0. The Bertz CT molecular complexity index is 3470. The Morgan fingerprint density at radius 1 is 0.537 bits per heavy atom. The van der Waals surface area contributed by atoms with E-state index in [4.69, 9.17) is 9.47 Å². The molecule has 1 aliphatic carbocycles. The summed E-state index contributed by atoms with van der Waals surface area (Å²) >= 11 is 0. The molecule has 3 aliphatic heterocycles. The summed E-state index contributed by atoms with van der Waals surface area (Å²) in [5, 5.41) is 11.9. The van der Waals surface area contributed by atoms with E-state index in [1.54, 1.807) is 0 Å². The van der Waals surface area contributed by atoms with Gasteiger partial charge in [-0.05, 0) is 121 Å². The molecule has 9 aromatic rings. The minimum absolute atomic E-state index is 0.0141. The molecule has 3 heterocycles.